The lowest BCUT2D eigenvalue weighted by molar-refractivity contribution is -0.138. The number of aryl methyl sites for hydroxylation is 1. The minimum Gasteiger partial charge on any atom is -0.480 e. The van der Waals surface area contributed by atoms with Crippen LogP contribution < -0.4 is 10.6 Å². The molecule has 1 aromatic carbocycles. The smallest absolute Gasteiger partial charge is 0.324 e. The highest BCUT2D eigenvalue weighted by Gasteiger charge is 2.34. The fourth-order valence-corrected chi connectivity index (χ4v) is 6.56. The number of thiophene rings is 1. The number of carboxylic acids is 1. The normalized spacial score (nSPS) is 15.9. The van der Waals surface area contributed by atoms with Gasteiger partial charge in [-0.05, 0) is 56.2 Å². The molecule has 0 atom stereocenters. The van der Waals surface area contributed by atoms with Crippen molar-refractivity contribution in [3.8, 4) is 0 Å². The summed E-state index contributed by atoms with van der Waals surface area (Å²) in [6, 6.07) is 4.25. The van der Waals surface area contributed by atoms with Gasteiger partial charge in [0.2, 0.25) is 0 Å². The minimum absolute atomic E-state index is 0.111. The summed E-state index contributed by atoms with van der Waals surface area (Å²) >= 11 is 13.7. The zero-order valence-electron chi connectivity index (χ0n) is 18.7. The molecule has 10 heteroatoms. The average molecular weight is 524 g/mol. The maximum Gasteiger partial charge on any atom is 0.324 e. The Balaban J connectivity index is 1.65. The van der Waals surface area contributed by atoms with Gasteiger partial charge < -0.3 is 15.3 Å². The van der Waals surface area contributed by atoms with Crippen LogP contribution in [0.2, 0.25) is 10.0 Å². The van der Waals surface area contributed by atoms with E-state index in [1.54, 1.807) is 18.2 Å². The lowest BCUT2D eigenvalue weighted by Crippen LogP contribution is -2.44. The Hall–Kier alpha value is -2.29. The number of halogens is 2. The number of nitrogens with one attached hydrogen (secondary N) is 2. The van der Waals surface area contributed by atoms with E-state index in [1.165, 1.54) is 16.2 Å². The summed E-state index contributed by atoms with van der Waals surface area (Å²) in [6.07, 6.45) is 8.16. The first-order valence-electron chi connectivity index (χ1n) is 11.5. The number of aliphatic carboxylic acids is 1. The number of benzene rings is 1. The summed E-state index contributed by atoms with van der Waals surface area (Å²) in [5.74, 6) is -1.36. The minimum atomic E-state index is -1.04. The highest BCUT2D eigenvalue weighted by Crippen LogP contribution is 2.40. The van der Waals surface area contributed by atoms with E-state index in [0.717, 1.165) is 68.2 Å². The quantitative estimate of drug-likeness (QED) is 0.405. The zero-order valence-corrected chi connectivity index (χ0v) is 21.0. The van der Waals surface area contributed by atoms with Crippen molar-refractivity contribution >= 4 is 63.1 Å². The molecule has 0 aliphatic heterocycles. The van der Waals surface area contributed by atoms with Crippen LogP contribution in [-0.2, 0) is 17.6 Å². The van der Waals surface area contributed by atoms with Crippen LogP contribution in [0.4, 0.5) is 15.5 Å². The van der Waals surface area contributed by atoms with Crippen molar-refractivity contribution in [2.24, 2.45) is 0 Å². The molecule has 3 amide bonds. The van der Waals surface area contributed by atoms with E-state index in [2.05, 4.69) is 10.6 Å². The van der Waals surface area contributed by atoms with Crippen LogP contribution in [0.15, 0.2) is 18.2 Å². The second kappa shape index (κ2) is 11.0. The first-order valence-corrected chi connectivity index (χ1v) is 13.1. The second-order valence-corrected chi connectivity index (χ2v) is 10.6. The molecule has 2 aromatic rings. The average Bonchev–Trinajstić information content (AvgIpc) is 3.17. The van der Waals surface area contributed by atoms with Crippen LogP contribution in [-0.4, -0.2) is 40.5 Å². The van der Waals surface area contributed by atoms with Crippen molar-refractivity contribution in [1.29, 1.82) is 0 Å². The van der Waals surface area contributed by atoms with E-state index in [9.17, 15) is 19.5 Å². The monoisotopic (exact) mass is 523 g/mol. The Morgan fingerprint density at radius 1 is 1.00 bits per heavy atom. The number of carbonyl (C=O) groups excluding carboxylic acids is 2. The van der Waals surface area contributed by atoms with Gasteiger partial charge in [-0.2, -0.15) is 0 Å². The summed E-state index contributed by atoms with van der Waals surface area (Å²) in [7, 11) is 0. The number of fused-ring (bicyclic) bond motifs is 1. The Morgan fingerprint density at radius 2 is 1.68 bits per heavy atom. The van der Waals surface area contributed by atoms with Crippen LogP contribution in [0.25, 0.3) is 0 Å². The lowest BCUT2D eigenvalue weighted by atomic mass is 9.92. The van der Waals surface area contributed by atoms with E-state index in [-0.39, 0.29) is 24.2 Å². The first kappa shape index (κ1) is 24.8. The summed E-state index contributed by atoms with van der Waals surface area (Å²) in [5.41, 5.74) is 1.64. The predicted octanol–water partition coefficient (Wildman–Crippen LogP) is 6.44. The Bertz CT molecular complexity index is 1080. The van der Waals surface area contributed by atoms with Crippen LogP contribution >= 0.6 is 34.5 Å². The molecule has 1 heterocycles. The van der Waals surface area contributed by atoms with Crippen LogP contribution in [0.5, 0.6) is 0 Å². The summed E-state index contributed by atoms with van der Waals surface area (Å²) in [4.78, 5) is 40.9. The molecular formula is C24H27Cl2N3O4S. The molecule has 3 N–H and O–H groups in total. The molecule has 1 aromatic heterocycles. The van der Waals surface area contributed by atoms with Crippen molar-refractivity contribution in [1.82, 2.24) is 4.90 Å². The van der Waals surface area contributed by atoms with Crippen molar-refractivity contribution in [3.63, 3.8) is 0 Å². The van der Waals surface area contributed by atoms with Gasteiger partial charge in [0.1, 0.15) is 11.5 Å². The van der Waals surface area contributed by atoms with E-state index < -0.39 is 12.0 Å². The van der Waals surface area contributed by atoms with Gasteiger partial charge in [-0.1, -0.05) is 48.5 Å². The van der Waals surface area contributed by atoms with Gasteiger partial charge in [0.25, 0.3) is 5.91 Å². The molecule has 182 valence electrons. The van der Waals surface area contributed by atoms with Gasteiger partial charge in [-0.3, -0.25) is 14.9 Å². The first-order chi connectivity index (χ1) is 16.3. The number of rotatable bonds is 6. The van der Waals surface area contributed by atoms with E-state index in [0.29, 0.717) is 20.6 Å². The van der Waals surface area contributed by atoms with Crippen molar-refractivity contribution in [2.75, 3.05) is 17.2 Å². The highest BCUT2D eigenvalue weighted by molar-refractivity contribution is 7.17. The Kier molecular flexibility index (Phi) is 8.01. The number of carboxylic acid groups (broad SMARTS) is 1. The van der Waals surface area contributed by atoms with Crippen molar-refractivity contribution in [3.05, 3.63) is 44.2 Å². The van der Waals surface area contributed by atoms with Crippen LogP contribution in [0.3, 0.4) is 0 Å². The number of amides is 3. The number of para-hydroxylation sites is 1. The third-order valence-corrected chi connectivity index (χ3v) is 8.23. The summed E-state index contributed by atoms with van der Waals surface area (Å²) in [6.45, 7) is -0.352. The Labute approximate surface area is 212 Å². The van der Waals surface area contributed by atoms with E-state index >= 15 is 0 Å². The molecule has 0 bridgehead atoms. The van der Waals surface area contributed by atoms with E-state index in [1.807, 2.05) is 0 Å². The molecule has 1 fully saturated rings. The van der Waals surface area contributed by atoms with Crippen LogP contribution in [0, 0.1) is 0 Å². The highest BCUT2D eigenvalue weighted by atomic mass is 35.5. The van der Waals surface area contributed by atoms with Gasteiger partial charge in [-0.15, -0.1) is 11.3 Å². The summed E-state index contributed by atoms with van der Waals surface area (Å²) in [5, 5.41) is 16.1. The standard InChI is InChI=1S/C24H27Cl2N3O4S/c25-16-10-6-11-17(26)21(16)27-24(33)28-22-20(15-9-4-5-12-18(15)34-22)23(32)29(13-19(30)31)14-7-2-1-3-8-14/h6,10-11,14H,1-5,7-9,12-13H2,(H,30,31)(H2,27,28,33). The van der Waals surface area contributed by atoms with E-state index in [4.69, 9.17) is 23.2 Å². The molecule has 1 saturated carbocycles. The van der Waals surface area contributed by atoms with Gasteiger partial charge in [-0.25, -0.2) is 4.79 Å². The molecule has 2 aliphatic carbocycles. The zero-order chi connectivity index (χ0) is 24.2. The van der Waals surface area contributed by atoms with Gasteiger partial charge >= 0.3 is 12.0 Å². The molecular weight excluding hydrogens is 497 g/mol. The Morgan fingerprint density at radius 3 is 2.35 bits per heavy atom. The molecule has 4 rings (SSSR count). The molecule has 2 aliphatic rings. The molecule has 0 spiro atoms. The predicted molar refractivity (Wildman–Crippen MR) is 136 cm³/mol. The third-order valence-electron chi connectivity index (χ3n) is 6.40. The van der Waals surface area contributed by atoms with Gasteiger partial charge in [0.05, 0.1) is 21.3 Å². The largest absolute Gasteiger partial charge is 0.480 e. The maximum absolute atomic E-state index is 13.8. The molecule has 34 heavy (non-hydrogen) atoms. The van der Waals surface area contributed by atoms with Gasteiger partial charge in [0, 0.05) is 10.9 Å². The molecule has 0 radical (unpaired) electrons. The SMILES string of the molecule is O=C(O)CN(C(=O)c1c(NC(=O)Nc2c(Cl)cccc2Cl)sc2c1CCCC2)C1CCCCC1. The fraction of sp³-hybridized carbons (Fsp3) is 0.458. The van der Waals surface area contributed by atoms with Crippen molar-refractivity contribution < 1.29 is 19.5 Å². The lowest BCUT2D eigenvalue weighted by Gasteiger charge is -2.33. The maximum atomic E-state index is 13.8. The fourth-order valence-electron chi connectivity index (χ4n) is 4.79. The summed E-state index contributed by atoms with van der Waals surface area (Å²) < 4.78 is 0. The van der Waals surface area contributed by atoms with Crippen LogP contribution in [0.1, 0.15) is 65.7 Å². The topological polar surface area (TPSA) is 98.7 Å². The second-order valence-electron chi connectivity index (χ2n) is 8.71. The molecule has 0 unspecified atom stereocenters. The number of carbonyl (C=O) groups is 3. The number of anilines is 2. The number of nitrogens with zero attached hydrogens (tertiary/aromatic N) is 1. The number of hydrogen-bond donors (Lipinski definition) is 3. The van der Waals surface area contributed by atoms with Crippen molar-refractivity contribution in [2.45, 2.75) is 63.8 Å². The molecule has 7 nitrogen and oxygen atoms in total. The number of hydrogen-bond acceptors (Lipinski definition) is 4. The van der Waals surface area contributed by atoms with Gasteiger partial charge in [0.15, 0.2) is 0 Å². The third kappa shape index (κ3) is 5.50. The molecule has 0 saturated heterocycles. The number of urea groups is 1.